The predicted octanol–water partition coefficient (Wildman–Crippen LogP) is 5.46. The summed E-state index contributed by atoms with van der Waals surface area (Å²) in [6, 6.07) is 9.03. The van der Waals surface area contributed by atoms with Gasteiger partial charge in [0.25, 0.3) is 0 Å². The Morgan fingerprint density at radius 3 is 2.42 bits per heavy atom. The Bertz CT molecular complexity index is 729. The zero-order valence-corrected chi connectivity index (χ0v) is 15.7. The van der Waals surface area contributed by atoms with Gasteiger partial charge in [-0.15, -0.1) is 0 Å². The van der Waals surface area contributed by atoms with Crippen molar-refractivity contribution in [2.75, 3.05) is 6.61 Å². The average molecular weight is 327 g/mol. The molecule has 1 heterocycles. The third-order valence-corrected chi connectivity index (χ3v) is 4.48. The number of benzene rings is 1. The Balaban J connectivity index is 2.39. The van der Waals surface area contributed by atoms with Crippen LogP contribution >= 0.6 is 0 Å². The second kappa shape index (κ2) is 7.69. The van der Waals surface area contributed by atoms with Crippen molar-refractivity contribution in [3.05, 3.63) is 42.1 Å². The molecule has 130 valence electrons. The number of esters is 1. The maximum atomic E-state index is 11.6. The van der Waals surface area contributed by atoms with Crippen molar-refractivity contribution < 1.29 is 9.53 Å². The summed E-state index contributed by atoms with van der Waals surface area (Å²) >= 11 is 0. The molecule has 1 aromatic carbocycles. The van der Waals surface area contributed by atoms with Crippen molar-refractivity contribution in [1.82, 2.24) is 4.57 Å². The van der Waals surface area contributed by atoms with E-state index in [9.17, 15) is 4.79 Å². The number of allylic oxidation sites excluding steroid dienone is 1. The van der Waals surface area contributed by atoms with Crippen molar-refractivity contribution in [3.8, 4) is 0 Å². The average Bonchev–Trinajstić information content (AvgIpc) is 2.89. The van der Waals surface area contributed by atoms with E-state index in [0.717, 1.165) is 11.1 Å². The molecule has 0 aliphatic rings. The van der Waals surface area contributed by atoms with Crippen LogP contribution in [-0.2, 0) is 9.53 Å². The maximum absolute atomic E-state index is 11.6. The zero-order chi connectivity index (χ0) is 17.9. The molecule has 3 nitrogen and oxygen atoms in total. The molecule has 1 aromatic heterocycles. The molecule has 0 aliphatic heterocycles. The summed E-state index contributed by atoms with van der Waals surface area (Å²) in [4.78, 5) is 11.6. The van der Waals surface area contributed by atoms with E-state index in [1.807, 2.05) is 13.8 Å². The first-order valence-corrected chi connectivity index (χ1v) is 8.81. The summed E-state index contributed by atoms with van der Waals surface area (Å²) in [5, 5.41) is 1.20. The van der Waals surface area contributed by atoms with Gasteiger partial charge >= 0.3 is 5.97 Å². The van der Waals surface area contributed by atoms with E-state index in [2.05, 4.69) is 62.7 Å². The lowest BCUT2D eigenvalue weighted by Crippen LogP contribution is -2.19. The third-order valence-electron chi connectivity index (χ3n) is 4.48. The highest BCUT2D eigenvalue weighted by Crippen LogP contribution is 2.31. The lowest BCUT2D eigenvalue weighted by Gasteiger charge is -2.27. The fourth-order valence-corrected chi connectivity index (χ4v) is 3.53. The molecule has 0 fully saturated rings. The number of fused-ring (bicyclic) bond motifs is 1. The molecule has 0 radical (unpaired) electrons. The Morgan fingerprint density at radius 1 is 1.17 bits per heavy atom. The molecule has 2 rings (SSSR count). The van der Waals surface area contributed by atoms with Gasteiger partial charge < -0.3 is 9.30 Å². The van der Waals surface area contributed by atoms with Crippen LogP contribution in [0.2, 0.25) is 0 Å². The highest BCUT2D eigenvalue weighted by molar-refractivity contribution is 5.92. The molecule has 0 aliphatic carbocycles. The number of carbonyl (C=O) groups excluding carboxylic acids is 1. The summed E-state index contributed by atoms with van der Waals surface area (Å²) in [5.74, 6) is 0.865. The number of carbonyl (C=O) groups is 1. The summed E-state index contributed by atoms with van der Waals surface area (Å²) in [6.45, 7) is 13.3. The van der Waals surface area contributed by atoms with Crippen molar-refractivity contribution >= 4 is 22.4 Å². The molecule has 0 spiro atoms. The van der Waals surface area contributed by atoms with Gasteiger partial charge in [-0.1, -0.05) is 33.8 Å². The molecule has 0 atom stereocenters. The fraction of sp³-hybridized carbons (Fsp3) is 0.476. The third kappa shape index (κ3) is 3.89. The van der Waals surface area contributed by atoms with Gasteiger partial charge in [-0.2, -0.15) is 0 Å². The summed E-state index contributed by atoms with van der Waals surface area (Å²) in [5.41, 5.74) is 3.22. The largest absolute Gasteiger partial charge is 0.463 e. The van der Waals surface area contributed by atoms with Crippen LogP contribution in [0.5, 0.6) is 0 Å². The first-order chi connectivity index (χ1) is 11.3. The number of hydrogen-bond acceptors (Lipinski definition) is 2. The minimum Gasteiger partial charge on any atom is -0.463 e. The van der Waals surface area contributed by atoms with Crippen LogP contribution in [0.3, 0.4) is 0 Å². The van der Waals surface area contributed by atoms with Gasteiger partial charge in [-0.3, -0.25) is 0 Å². The van der Waals surface area contributed by atoms with Gasteiger partial charge in [0, 0.05) is 29.2 Å². The Labute approximate surface area is 145 Å². The first kappa shape index (κ1) is 18.3. The molecular weight excluding hydrogens is 298 g/mol. The number of rotatable bonds is 6. The Kier molecular flexibility index (Phi) is 5.87. The molecule has 2 aromatic rings. The molecule has 0 bridgehead atoms. The van der Waals surface area contributed by atoms with Crippen molar-refractivity contribution in [2.45, 2.75) is 47.6 Å². The first-order valence-electron chi connectivity index (χ1n) is 8.81. The second-order valence-corrected chi connectivity index (χ2v) is 7.05. The van der Waals surface area contributed by atoms with E-state index < -0.39 is 0 Å². The van der Waals surface area contributed by atoms with Gasteiger partial charge in [0.05, 0.1) is 6.61 Å². The molecule has 0 N–H and O–H groups in total. The van der Waals surface area contributed by atoms with Gasteiger partial charge in [0.2, 0.25) is 0 Å². The standard InChI is InChI=1S/C21H29NO2/c1-7-24-20(23)12-16(6)17-8-9-19-18(13-17)10-11-22(19)21(14(2)3)15(4)5/h8-15,21H,7H2,1-6H3/b16-12+. The Morgan fingerprint density at radius 2 is 1.83 bits per heavy atom. The minimum absolute atomic E-state index is 0.285. The van der Waals surface area contributed by atoms with E-state index in [4.69, 9.17) is 4.74 Å². The fourth-order valence-electron chi connectivity index (χ4n) is 3.53. The lowest BCUT2D eigenvalue weighted by molar-refractivity contribution is -0.137. The van der Waals surface area contributed by atoms with Gasteiger partial charge in [-0.25, -0.2) is 4.79 Å². The summed E-state index contributed by atoms with van der Waals surface area (Å²) in [6.07, 6.45) is 3.75. The molecule has 0 amide bonds. The van der Waals surface area contributed by atoms with E-state index in [1.165, 1.54) is 10.9 Å². The maximum Gasteiger partial charge on any atom is 0.331 e. The number of aromatic nitrogens is 1. The van der Waals surface area contributed by atoms with Crippen LogP contribution in [0.25, 0.3) is 16.5 Å². The molecule has 0 saturated heterocycles. The highest BCUT2D eigenvalue weighted by atomic mass is 16.5. The molecule has 24 heavy (non-hydrogen) atoms. The summed E-state index contributed by atoms with van der Waals surface area (Å²) in [7, 11) is 0. The van der Waals surface area contributed by atoms with Crippen molar-refractivity contribution in [2.24, 2.45) is 11.8 Å². The topological polar surface area (TPSA) is 31.2 Å². The monoisotopic (exact) mass is 327 g/mol. The van der Waals surface area contributed by atoms with Crippen LogP contribution < -0.4 is 0 Å². The van der Waals surface area contributed by atoms with Crippen LogP contribution in [0.1, 0.15) is 53.1 Å². The SMILES string of the molecule is CCOC(=O)/C=C(\C)c1ccc2c(ccn2C(C(C)C)C(C)C)c1. The van der Waals surface area contributed by atoms with Crippen LogP contribution in [-0.4, -0.2) is 17.1 Å². The van der Waals surface area contributed by atoms with E-state index in [0.29, 0.717) is 24.5 Å². The molecule has 3 heteroatoms. The molecular formula is C21H29NO2. The quantitative estimate of drug-likeness (QED) is 0.521. The van der Waals surface area contributed by atoms with E-state index in [-0.39, 0.29) is 5.97 Å². The smallest absolute Gasteiger partial charge is 0.331 e. The van der Waals surface area contributed by atoms with Gasteiger partial charge in [0.1, 0.15) is 0 Å². The number of hydrogen-bond donors (Lipinski definition) is 0. The second-order valence-electron chi connectivity index (χ2n) is 7.05. The van der Waals surface area contributed by atoms with Gasteiger partial charge in [0.15, 0.2) is 0 Å². The lowest BCUT2D eigenvalue weighted by atomic mass is 9.93. The van der Waals surface area contributed by atoms with Crippen molar-refractivity contribution in [3.63, 3.8) is 0 Å². The van der Waals surface area contributed by atoms with Gasteiger partial charge in [-0.05, 0) is 55.0 Å². The Hall–Kier alpha value is -2.03. The van der Waals surface area contributed by atoms with Crippen LogP contribution in [0.4, 0.5) is 0 Å². The molecule has 0 unspecified atom stereocenters. The number of ether oxygens (including phenoxy) is 1. The van der Waals surface area contributed by atoms with Crippen molar-refractivity contribution in [1.29, 1.82) is 0 Å². The predicted molar refractivity (Wildman–Crippen MR) is 101 cm³/mol. The highest BCUT2D eigenvalue weighted by Gasteiger charge is 2.20. The normalized spacial score (nSPS) is 12.6. The van der Waals surface area contributed by atoms with Crippen LogP contribution in [0.15, 0.2) is 36.5 Å². The van der Waals surface area contributed by atoms with E-state index >= 15 is 0 Å². The van der Waals surface area contributed by atoms with E-state index in [1.54, 1.807) is 6.08 Å². The minimum atomic E-state index is -0.285. The van der Waals surface area contributed by atoms with Crippen LogP contribution in [0, 0.1) is 11.8 Å². The molecule has 0 saturated carbocycles. The zero-order valence-electron chi connectivity index (χ0n) is 15.7. The number of nitrogens with zero attached hydrogens (tertiary/aromatic N) is 1. The summed E-state index contributed by atoms with van der Waals surface area (Å²) < 4.78 is 7.38.